The van der Waals surface area contributed by atoms with E-state index in [0.717, 1.165) is 26.2 Å². The van der Waals surface area contributed by atoms with Gasteiger partial charge in [0.05, 0.1) is 11.0 Å². The van der Waals surface area contributed by atoms with Gasteiger partial charge in [0, 0.05) is 31.9 Å². The minimum Gasteiger partial charge on any atom is -0.368 e. The van der Waals surface area contributed by atoms with Crippen LogP contribution in [0.15, 0.2) is 84.9 Å². The van der Waals surface area contributed by atoms with Crippen LogP contribution in [0.1, 0.15) is 21.9 Å². The quantitative estimate of drug-likeness (QED) is 0.554. The first kappa shape index (κ1) is 20.5. The van der Waals surface area contributed by atoms with E-state index in [1.165, 1.54) is 22.4 Å². The van der Waals surface area contributed by atoms with E-state index in [0.29, 0.717) is 5.75 Å². The molecule has 1 heterocycles. The number of hydrogen-bond donors (Lipinski definition) is 0. The van der Waals surface area contributed by atoms with Crippen molar-refractivity contribution >= 4 is 23.4 Å². The molecule has 1 saturated heterocycles. The molecule has 1 amide bonds. The monoisotopic (exact) mass is 416 g/mol. The molecule has 0 radical (unpaired) electrons. The van der Waals surface area contributed by atoms with Crippen molar-refractivity contribution in [3.63, 3.8) is 0 Å². The molecule has 0 saturated carbocycles. The Balaban J connectivity index is 1.36. The van der Waals surface area contributed by atoms with Crippen LogP contribution in [-0.4, -0.2) is 42.7 Å². The minimum atomic E-state index is 0.171. The van der Waals surface area contributed by atoms with Crippen molar-refractivity contribution in [2.45, 2.75) is 12.2 Å². The van der Waals surface area contributed by atoms with E-state index >= 15 is 0 Å². The summed E-state index contributed by atoms with van der Waals surface area (Å²) in [5, 5.41) is 0.171. The highest BCUT2D eigenvalue weighted by molar-refractivity contribution is 8.00. The Bertz CT molecular complexity index is 914. The molecular weight excluding hydrogens is 388 g/mol. The van der Waals surface area contributed by atoms with E-state index in [-0.39, 0.29) is 11.2 Å². The molecule has 0 bridgehead atoms. The molecule has 0 atom stereocenters. The first-order chi connectivity index (χ1) is 14.7. The third kappa shape index (κ3) is 5.06. The summed E-state index contributed by atoms with van der Waals surface area (Å²) in [6.45, 7) is 5.47. The number of hydrogen-bond acceptors (Lipinski definition) is 3. The second-order valence-corrected chi connectivity index (χ2v) is 8.81. The third-order valence-corrected chi connectivity index (χ3v) is 6.87. The topological polar surface area (TPSA) is 23.6 Å². The fourth-order valence-corrected chi connectivity index (χ4v) is 5.12. The van der Waals surface area contributed by atoms with Gasteiger partial charge in [0.2, 0.25) is 5.91 Å². The zero-order chi connectivity index (χ0) is 20.8. The maximum atomic E-state index is 12.9. The summed E-state index contributed by atoms with van der Waals surface area (Å²) in [6.07, 6.45) is 0. The number of aryl methyl sites for hydroxylation is 1. The number of nitrogens with zero attached hydrogens (tertiary/aromatic N) is 2. The lowest BCUT2D eigenvalue weighted by molar-refractivity contribution is -0.128. The van der Waals surface area contributed by atoms with Gasteiger partial charge >= 0.3 is 0 Å². The van der Waals surface area contributed by atoms with Crippen LogP contribution in [0.2, 0.25) is 0 Å². The molecule has 3 aromatic carbocycles. The van der Waals surface area contributed by atoms with Gasteiger partial charge < -0.3 is 9.80 Å². The number of rotatable bonds is 6. The summed E-state index contributed by atoms with van der Waals surface area (Å²) in [5.74, 6) is 0.736. The first-order valence-electron chi connectivity index (χ1n) is 10.5. The normalized spacial score (nSPS) is 14.2. The standard InChI is InChI=1S/C26H28N2OS/c1-21-9-8-14-24(19-21)27-15-17-28(18-16-27)25(29)20-30-26(22-10-4-2-5-11-22)23-12-6-3-7-13-23/h2-14,19,26H,15-18,20H2,1H3. The molecule has 154 valence electrons. The Morgan fingerprint density at radius 3 is 2.00 bits per heavy atom. The van der Waals surface area contributed by atoms with Crippen molar-refractivity contribution in [2.24, 2.45) is 0 Å². The molecule has 1 fully saturated rings. The predicted octanol–water partition coefficient (Wildman–Crippen LogP) is 5.17. The zero-order valence-electron chi connectivity index (χ0n) is 17.4. The van der Waals surface area contributed by atoms with Crippen molar-refractivity contribution in [3.05, 3.63) is 102 Å². The van der Waals surface area contributed by atoms with Crippen LogP contribution in [0, 0.1) is 6.92 Å². The highest BCUT2D eigenvalue weighted by Crippen LogP contribution is 2.35. The highest BCUT2D eigenvalue weighted by atomic mass is 32.2. The molecule has 30 heavy (non-hydrogen) atoms. The highest BCUT2D eigenvalue weighted by Gasteiger charge is 2.23. The fraction of sp³-hybridized carbons (Fsp3) is 0.269. The fourth-order valence-electron chi connectivity index (χ4n) is 3.93. The maximum absolute atomic E-state index is 12.9. The number of amides is 1. The molecule has 4 heteroatoms. The summed E-state index contributed by atoms with van der Waals surface area (Å²) in [4.78, 5) is 17.3. The van der Waals surface area contributed by atoms with Gasteiger partial charge in [-0.1, -0.05) is 72.8 Å². The van der Waals surface area contributed by atoms with Crippen LogP contribution in [0.3, 0.4) is 0 Å². The van der Waals surface area contributed by atoms with E-state index in [1.807, 2.05) is 17.0 Å². The van der Waals surface area contributed by atoms with Crippen LogP contribution in [-0.2, 0) is 4.79 Å². The Labute approximate surface area is 183 Å². The summed E-state index contributed by atoms with van der Waals surface area (Å²) in [5.41, 5.74) is 5.01. The number of piperazine rings is 1. The summed E-state index contributed by atoms with van der Waals surface area (Å²) < 4.78 is 0. The molecular formula is C26H28N2OS. The molecule has 4 rings (SSSR count). The summed E-state index contributed by atoms with van der Waals surface area (Å²) >= 11 is 1.72. The van der Waals surface area contributed by atoms with Crippen molar-refractivity contribution in [3.8, 4) is 0 Å². The predicted molar refractivity (Wildman–Crippen MR) is 127 cm³/mol. The number of thioether (sulfide) groups is 1. The Hall–Kier alpha value is -2.72. The largest absolute Gasteiger partial charge is 0.368 e. The van der Waals surface area contributed by atoms with E-state index in [4.69, 9.17) is 0 Å². The SMILES string of the molecule is Cc1cccc(N2CCN(C(=O)CSC(c3ccccc3)c3ccccc3)CC2)c1. The number of benzene rings is 3. The molecule has 0 aromatic heterocycles. The lowest BCUT2D eigenvalue weighted by atomic mass is 10.0. The average molecular weight is 417 g/mol. The van der Waals surface area contributed by atoms with Crippen molar-refractivity contribution in [1.29, 1.82) is 0 Å². The Morgan fingerprint density at radius 1 is 0.833 bits per heavy atom. The first-order valence-corrected chi connectivity index (χ1v) is 11.6. The Morgan fingerprint density at radius 2 is 1.43 bits per heavy atom. The minimum absolute atomic E-state index is 0.171. The van der Waals surface area contributed by atoms with Gasteiger partial charge in [0.15, 0.2) is 0 Å². The van der Waals surface area contributed by atoms with Crippen LogP contribution >= 0.6 is 11.8 Å². The van der Waals surface area contributed by atoms with Crippen molar-refractivity contribution in [2.75, 3.05) is 36.8 Å². The lowest BCUT2D eigenvalue weighted by Crippen LogP contribution is -2.49. The summed E-state index contributed by atoms with van der Waals surface area (Å²) in [7, 11) is 0. The molecule has 1 aliphatic heterocycles. The van der Waals surface area contributed by atoms with E-state index < -0.39 is 0 Å². The molecule has 0 aliphatic carbocycles. The number of carbonyl (C=O) groups is 1. The molecule has 0 spiro atoms. The van der Waals surface area contributed by atoms with Crippen LogP contribution < -0.4 is 4.90 Å². The van der Waals surface area contributed by atoms with Crippen LogP contribution in [0.25, 0.3) is 0 Å². The van der Waals surface area contributed by atoms with Gasteiger partial charge in [0.1, 0.15) is 0 Å². The molecule has 3 aromatic rings. The molecule has 1 aliphatic rings. The van der Waals surface area contributed by atoms with E-state index in [9.17, 15) is 4.79 Å². The third-order valence-electron chi connectivity index (χ3n) is 5.58. The van der Waals surface area contributed by atoms with Gasteiger partial charge in [0.25, 0.3) is 0 Å². The van der Waals surface area contributed by atoms with Gasteiger partial charge in [-0.05, 0) is 35.7 Å². The lowest BCUT2D eigenvalue weighted by Gasteiger charge is -2.36. The average Bonchev–Trinajstić information content (AvgIpc) is 2.81. The van der Waals surface area contributed by atoms with E-state index in [2.05, 4.69) is 84.6 Å². The maximum Gasteiger partial charge on any atom is 0.232 e. The Kier molecular flexibility index (Phi) is 6.75. The molecule has 0 N–H and O–H groups in total. The van der Waals surface area contributed by atoms with Gasteiger partial charge in [-0.25, -0.2) is 0 Å². The molecule has 0 unspecified atom stereocenters. The van der Waals surface area contributed by atoms with Crippen LogP contribution in [0.4, 0.5) is 5.69 Å². The van der Waals surface area contributed by atoms with Crippen molar-refractivity contribution in [1.82, 2.24) is 4.90 Å². The summed E-state index contributed by atoms with van der Waals surface area (Å²) in [6, 6.07) is 29.5. The molecule has 3 nitrogen and oxygen atoms in total. The smallest absolute Gasteiger partial charge is 0.232 e. The second-order valence-electron chi connectivity index (χ2n) is 7.72. The van der Waals surface area contributed by atoms with Gasteiger partial charge in [-0.3, -0.25) is 4.79 Å². The number of anilines is 1. The van der Waals surface area contributed by atoms with Crippen molar-refractivity contribution < 1.29 is 4.79 Å². The van der Waals surface area contributed by atoms with Crippen LogP contribution in [0.5, 0.6) is 0 Å². The second kappa shape index (κ2) is 9.86. The van der Waals surface area contributed by atoms with Gasteiger partial charge in [-0.15, -0.1) is 11.8 Å². The number of carbonyl (C=O) groups excluding carboxylic acids is 1. The van der Waals surface area contributed by atoms with Gasteiger partial charge in [-0.2, -0.15) is 0 Å². The van der Waals surface area contributed by atoms with E-state index in [1.54, 1.807) is 11.8 Å². The zero-order valence-corrected chi connectivity index (χ0v) is 18.2.